The molecule has 3 saturated carbocycles. The van der Waals surface area contributed by atoms with E-state index in [1.807, 2.05) is 6.92 Å². The maximum Gasteiger partial charge on any atom is 0.133 e. The zero-order chi connectivity index (χ0) is 14.3. The van der Waals surface area contributed by atoms with Crippen LogP contribution >= 0.6 is 0 Å². The molecule has 114 valence electrons. The Balaban J connectivity index is 1.71. The molecule has 3 aliphatic carbocycles. The average Bonchev–Trinajstić information content (AvgIpc) is 2.72. The molecular weight excluding hydrogens is 248 g/mol. The minimum atomic E-state index is 0.302. The van der Waals surface area contributed by atoms with E-state index in [1.54, 1.807) is 0 Å². The van der Waals surface area contributed by atoms with E-state index in [2.05, 4.69) is 6.92 Å². The molecule has 0 amide bonds. The van der Waals surface area contributed by atoms with E-state index in [9.17, 15) is 4.79 Å². The molecule has 0 spiro atoms. The lowest BCUT2D eigenvalue weighted by molar-refractivity contribution is -0.126. The molecule has 0 aromatic heterocycles. The second-order valence-electron chi connectivity index (χ2n) is 8.09. The van der Waals surface area contributed by atoms with Gasteiger partial charge in [0.15, 0.2) is 0 Å². The summed E-state index contributed by atoms with van der Waals surface area (Å²) in [6, 6.07) is 0. The third-order valence-corrected chi connectivity index (χ3v) is 7.10. The lowest BCUT2D eigenvalue weighted by Gasteiger charge is -2.50. The Hall–Kier alpha value is -0.370. The van der Waals surface area contributed by atoms with Gasteiger partial charge in [-0.05, 0) is 81.0 Å². The summed E-state index contributed by atoms with van der Waals surface area (Å²) in [4.78, 5) is 12.0. The molecule has 0 aliphatic heterocycles. The van der Waals surface area contributed by atoms with Crippen LogP contribution in [-0.4, -0.2) is 17.5 Å². The van der Waals surface area contributed by atoms with Gasteiger partial charge in [0, 0.05) is 12.5 Å². The van der Waals surface area contributed by atoms with Crippen molar-refractivity contribution < 1.29 is 9.90 Å². The molecule has 1 N–H and O–H groups in total. The maximum atomic E-state index is 12.0. The Morgan fingerprint density at radius 3 is 2.65 bits per heavy atom. The van der Waals surface area contributed by atoms with Crippen molar-refractivity contribution in [3.8, 4) is 0 Å². The van der Waals surface area contributed by atoms with Gasteiger partial charge in [0.1, 0.15) is 5.78 Å². The number of rotatable bonds is 3. The molecule has 6 atom stereocenters. The van der Waals surface area contributed by atoms with Gasteiger partial charge in [-0.25, -0.2) is 0 Å². The van der Waals surface area contributed by atoms with Crippen LogP contribution in [0.4, 0.5) is 0 Å². The molecule has 20 heavy (non-hydrogen) atoms. The van der Waals surface area contributed by atoms with E-state index < -0.39 is 0 Å². The van der Waals surface area contributed by atoms with Crippen molar-refractivity contribution in [1.29, 1.82) is 0 Å². The van der Waals surface area contributed by atoms with Crippen LogP contribution in [-0.2, 0) is 4.79 Å². The summed E-state index contributed by atoms with van der Waals surface area (Å²) in [5, 5.41) is 9.16. The number of aliphatic hydroxyl groups is 1. The molecule has 3 aliphatic rings. The third-order valence-electron chi connectivity index (χ3n) is 7.10. The van der Waals surface area contributed by atoms with Gasteiger partial charge in [0.05, 0.1) is 0 Å². The smallest absolute Gasteiger partial charge is 0.133 e. The van der Waals surface area contributed by atoms with E-state index in [0.29, 0.717) is 23.7 Å². The summed E-state index contributed by atoms with van der Waals surface area (Å²) in [5.41, 5.74) is 0.302. The van der Waals surface area contributed by atoms with Crippen molar-refractivity contribution in [1.82, 2.24) is 0 Å². The first kappa shape index (κ1) is 14.6. The molecular formula is C18H30O2. The monoisotopic (exact) mass is 278 g/mol. The van der Waals surface area contributed by atoms with Gasteiger partial charge >= 0.3 is 0 Å². The summed E-state index contributed by atoms with van der Waals surface area (Å²) < 4.78 is 0. The number of carbonyl (C=O) groups excluding carboxylic acids is 1. The Labute approximate surface area is 123 Å². The van der Waals surface area contributed by atoms with E-state index in [1.165, 1.54) is 38.5 Å². The van der Waals surface area contributed by atoms with Crippen molar-refractivity contribution in [2.45, 2.75) is 65.2 Å². The topological polar surface area (TPSA) is 37.3 Å². The molecule has 0 heterocycles. The number of carbonyl (C=O) groups is 1. The standard InChI is InChI=1S/C18H30O2/c1-12(20)17-6-5-16-10-15-9-13(7-8-19)3-4-14(15)11-18(16,17)2/h13-17,19H,3-11H2,1-2H3/t13?,14?,15?,16?,17?,18-/m0/s1. The first-order valence-electron chi connectivity index (χ1n) is 8.66. The van der Waals surface area contributed by atoms with Gasteiger partial charge in [-0.3, -0.25) is 4.79 Å². The van der Waals surface area contributed by atoms with Crippen molar-refractivity contribution in [3.05, 3.63) is 0 Å². The summed E-state index contributed by atoms with van der Waals surface area (Å²) >= 11 is 0. The predicted molar refractivity (Wildman–Crippen MR) is 80.3 cm³/mol. The Morgan fingerprint density at radius 1 is 1.15 bits per heavy atom. The molecule has 0 aromatic rings. The normalized spacial score (nSPS) is 47.6. The quantitative estimate of drug-likeness (QED) is 0.852. The van der Waals surface area contributed by atoms with E-state index in [4.69, 9.17) is 5.11 Å². The van der Waals surface area contributed by atoms with Gasteiger partial charge in [-0.15, -0.1) is 0 Å². The second-order valence-corrected chi connectivity index (χ2v) is 8.09. The zero-order valence-electron chi connectivity index (χ0n) is 13.1. The SMILES string of the molecule is CC(=O)C1CCC2CC3CC(CCO)CCC3C[C@@]21C. The summed E-state index contributed by atoms with van der Waals surface area (Å²) in [5.74, 6) is 4.04. The Bertz CT molecular complexity index is 378. The minimum absolute atomic E-state index is 0.302. The first-order chi connectivity index (χ1) is 9.54. The lowest BCUT2D eigenvalue weighted by atomic mass is 9.54. The number of hydrogen-bond acceptors (Lipinski definition) is 2. The average molecular weight is 278 g/mol. The van der Waals surface area contributed by atoms with Gasteiger partial charge in [0.25, 0.3) is 0 Å². The summed E-state index contributed by atoms with van der Waals surface area (Å²) in [6.45, 7) is 4.57. The molecule has 0 bridgehead atoms. The first-order valence-corrected chi connectivity index (χ1v) is 8.66. The van der Waals surface area contributed by atoms with E-state index >= 15 is 0 Å². The van der Waals surface area contributed by atoms with Crippen LogP contribution in [0, 0.1) is 35.0 Å². The fourth-order valence-corrected chi connectivity index (χ4v) is 6.03. The van der Waals surface area contributed by atoms with Gasteiger partial charge < -0.3 is 5.11 Å². The fourth-order valence-electron chi connectivity index (χ4n) is 6.03. The van der Waals surface area contributed by atoms with Crippen molar-refractivity contribution in [3.63, 3.8) is 0 Å². The molecule has 0 saturated heterocycles. The highest BCUT2D eigenvalue weighted by atomic mass is 16.3. The predicted octanol–water partition coefficient (Wildman–Crippen LogP) is 3.82. The van der Waals surface area contributed by atoms with Crippen LogP contribution in [0.2, 0.25) is 0 Å². The van der Waals surface area contributed by atoms with Gasteiger partial charge in [-0.2, -0.15) is 0 Å². The van der Waals surface area contributed by atoms with E-state index in [-0.39, 0.29) is 0 Å². The molecule has 3 fully saturated rings. The van der Waals surface area contributed by atoms with Crippen LogP contribution < -0.4 is 0 Å². The summed E-state index contributed by atoms with van der Waals surface area (Å²) in [7, 11) is 0. The number of Topliss-reactive ketones (excluding diaryl/α,β-unsaturated/α-hetero) is 1. The van der Waals surface area contributed by atoms with Crippen LogP contribution in [0.1, 0.15) is 65.2 Å². The largest absolute Gasteiger partial charge is 0.396 e. The van der Waals surface area contributed by atoms with Gasteiger partial charge in [-0.1, -0.05) is 13.3 Å². The maximum absolute atomic E-state index is 12.0. The molecule has 2 nitrogen and oxygen atoms in total. The van der Waals surface area contributed by atoms with Crippen LogP contribution in [0.25, 0.3) is 0 Å². The number of hydrogen-bond donors (Lipinski definition) is 1. The van der Waals surface area contributed by atoms with Crippen molar-refractivity contribution in [2.75, 3.05) is 6.61 Å². The number of fused-ring (bicyclic) bond motifs is 2. The Kier molecular flexibility index (Phi) is 3.96. The third kappa shape index (κ3) is 2.34. The zero-order valence-corrected chi connectivity index (χ0v) is 13.1. The fraction of sp³-hybridized carbons (Fsp3) is 0.944. The Morgan fingerprint density at radius 2 is 1.95 bits per heavy atom. The molecule has 0 aromatic carbocycles. The van der Waals surface area contributed by atoms with Crippen molar-refractivity contribution >= 4 is 5.78 Å². The summed E-state index contributed by atoms with van der Waals surface area (Å²) in [6.07, 6.45) is 10.0. The molecule has 2 heteroatoms. The van der Waals surface area contributed by atoms with Crippen LogP contribution in [0.15, 0.2) is 0 Å². The molecule has 3 rings (SSSR count). The van der Waals surface area contributed by atoms with Crippen LogP contribution in [0.3, 0.4) is 0 Å². The lowest BCUT2D eigenvalue weighted by Crippen LogP contribution is -2.43. The molecule has 5 unspecified atom stereocenters. The highest BCUT2D eigenvalue weighted by Gasteiger charge is 2.54. The second kappa shape index (κ2) is 5.44. The van der Waals surface area contributed by atoms with Crippen molar-refractivity contribution in [2.24, 2.45) is 35.0 Å². The van der Waals surface area contributed by atoms with Crippen LogP contribution in [0.5, 0.6) is 0 Å². The highest BCUT2D eigenvalue weighted by molar-refractivity contribution is 5.79. The highest BCUT2D eigenvalue weighted by Crippen LogP contribution is 2.61. The molecule has 0 radical (unpaired) electrons. The number of ketones is 1. The minimum Gasteiger partial charge on any atom is -0.396 e. The number of aliphatic hydroxyl groups excluding tert-OH is 1. The van der Waals surface area contributed by atoms with Gasteiger partial charge in [0.2, 0.25) is 0 Å². The van der Waals surface area contributed by atoms with E-state index in [0.717, 1.165) is 36.5 Å².